The van der Waals surface area contributed by atoms with Gasteiger partial charge in [0.15, 0.2) is 0 Å². The molecule has 3 nitrogen and oxygen atoms in total. The zero-order valence-electron chi connectivity index (χ0n) is 7.43. The third kappa shape index (κ3) is 4.66. The number of unbranched alkanes of at least 4 members (excludes halogenated alkanes) is 2. The lowest BCUT2D eigenvalue weighted by Crippen LogP contribution is -2.08. The highest BCUT2D eigenvalue weighted by Crippen LogP contribution is 1.96. The number of esters is 1. The van der Waals surface area contributed by atoms with E-state index in [1.165, 1.54) is 0 Å². The summed E-state index contributed by atoms with van der Waals surface area (Å²) in [4.78, 5) is 10.9. The molecule has 0 aliphatic rings. The van der Waals surface area contributed by atoms with Crippen molar-refractivity contribution in [2.45, 2.75) is 26.2 Å². The van der Waals surface area contributed by atoms with Crippen LogP contribution in [0, 0.1) is 5.41 Å². The predicted molar refractivity (Wildman–Crippen MR) is 48.4 cm³/mol. The van der Waals surface area contributed by atoms with Gasteiger partial charge in [0.2, 0.25) is 0 Å². The van der Waals surface area contributed by atoms with E-state index in [-0.39, 0.29) is 5.57 Å². The molecule has 0 spiro atoms. The molecule has 0 aromatic heterocycles. The minimum absolute atomic E-state index is 0.103. The number of hydrogen-bond acceptors (Lipinski definition) is 3. The molecule has 0 bridgehead atoms. The van der Waals surface area contributed by atoms with Crippen LogP contribution < -0.4 is 0 Å². The molecule has 0 aromatic carbocycles. The molecule has 0 atom stereocenters. The molecule has 1 N–H and O–H groups in total. The van der Waals surface area contributed by atoms with Crippen molar-refractivity contribution in [2.75, 3.05) is 6.61 Å². The van der Waals surface area contributed by atoms with Crippen LogP contribution in [-0.2, 0) is 9.53 Å². The molecular formula is C9H15NO2. The Hall–Kier alpha value is -1.12. The zero-order valence-corrected chi connectivity index (χ0v) is 7.43. The lowest BCUT2D eigenvalue weighted by Gasteiger charge is -2.02. The van der Waals surface area contributed by atoms with Crippen LogP contribution in [0.25, 0.3) is 0 Å². The van der Waals surface area contributed by atoms with Crippen LogP contribution in [0.2, 0.25) is 0 Å². The predicted octanol–water partition coefficient (Wildman–Crippen LogP) is 1.93. The third-order valence-corrected chi connectivity index (χ3v) is 1.42. The zero-order chi connectivity index (χ0) is 9.40. The van der Waals surface area contributed by atoms with Crippen molar-refractivity contribution < 1.29 is 9.53 Å². The molecule has 3 heteroatoms. The fourth-order valence-corrected chi connectivity index (χ4v) is 0.669. The number of carbonyl (C=O) groups excluding carboxylic acids is 1. The van der Waals surface area contributed by atoms with E-state index in [9.17, 15) is 4.79 Å². The maximum atomic E-state index is 10.9. The first-order chi connectivity index (χ1) is 5.72. The standard InChI is InChI=1S/C9H15NO2/c1-3-4-5-6-12-9(11)8(2)7-10/h7,10H,2-6H2,1H3. The molecule has 0 saturated heterocycles. The molecule has 0 rings (SSSR count). The summed E-state index contributed by atoms with van der Waals surface area (Å²) in [5.41, 5.74) is 0.103. The van der Waals surface area contributed by atoms with E-state index in [0.29, 0.717) is 6.61 Å². The number of ether oxygens (including phenoxy) is 1. The van der Waals surface area contributed by atoms with Crippen LogP contribution in [0.15, 0.2) is 12.2 Å². The van der Waals surface area contributed by atoms with Gasteiger partial charge in [0.05, 0.1) is 12.2 Å². The van der Waals surface area contributed by atoms with Crippen molar-refractivity contribution in [3.63, 3.8) is 0 Å². The Balaban J connectivity index is 3.44. The molecule has 0 heterocycles. The lowest BCUT2D eigenvalue weighted by atomic mass is 10.3. The molecular weight excluding hydrogens is 154 g/mol. The highest BCUT2D eigenvalue weighted by molar-refractivity contribution is 6.07. The molecule has 68 valence electrons. The molecule has 0 amide bonds. The van der Waals surface area contributed by atoms with E-state index in [0.717, 1.165) is 25.5 Å². The van der Waals surface area contributed by atoms with Gasteiger partial charge in [-0.2, -0.15) is 0 Å². The fraction of sp³-hybridized carbons (Fsp3) is 0.556. The average Bonchev–Trinajstić information content (AvgIpc) is 2.10. The summed E-state index contributed by atoms with van der Waals surface area (Å²) in [6.07, 6.45) is 3.95. The van der Waals surface area contributed by atoms with Crippen molar-refractivity contribution in [3.8, 4) is 0 Å². The van der Waals surface area contributed by atoms with Crippen LogP contribution >= 0.6 is 0 Å². The van der Waals surface area contributed by atoms with Crippen LogP contribution in [0.1, 0.15) is 26.2 Å². The minimum Gasteiger partial charge on any atom is -0.462 e. The Morgan fingerprint density at radius 3 is 2.75 bits per heavy atom. The van der Waals surface area contributed by atoms with Crippen LogP contribution in [0.3, 0.4) is 0 Å². The normalized spacial score (nSPS) is 9.08. The first kappa shape index (κ1) is 10.9. The molecule has 0 radical (unpaired) electrons. The van der Waals surface area contributed by atoms with Crippen LogP contribution in [-0.4, -0.2) is 18.8 Å². The Morgan fingerprint density at radius 1 is 1.58 bits per heavy atom. The summed E-state index contributed by atoms with van der Waals surface area (Å²) >= 11 is 0. The lowest BCUT2D eigenvalue weighted by molar-refractivity contribution is -0.138. The van der Waals surface area contributed by atoms with Crippen molar-refractivity contribution in [2.24, 2.45) is 0 Å². The summed E-state index contributed by atoms with van der Waals surface area (Å²) < 4.78 is 4.81. The molecule has 0 aliphatic heterocycles. The molecule has 0 aliphatic carbocycles. The van der Waals surface area contributed by atoms with Crippen LogP contribution in [0.5, 0.6) is 0 Å². The van der Waals surface area contributed by atoms with Gasteiger partial charge in [-0.1, -0.05) is 26.3 Å². The number of hydrogen-bond donors (Lipinski definition) is 1. The smallest absolute Gasteiger partial charge is 0.339 e. The van der Waals surface area contributed by atoms with Crippen molar-refractivity contribution in [1.82, 2.24) is 0 Å². The fourth-order valence-electron chi connectivity index (χ4n) is 0.669. The van der Waals surface area contributed by atoms with Gasteiger partial charge in [0.1, 0.15) is 0 Å². The average molecular weight is 169 g/mol. The number of nitrogens with one attached hydrogen (secondary N) is 1. The maximum absolute atomic E-state index is 10.9. The van der Waals surface area contributed by atoms with Crippen LogP contribution in [0.4, 0.5) is 0 Å². The molecule has 0 fully saturated rings. The van der Waals surface area contributed by atoms with Crippen molar-refractivity contribution >= 4 is 12.2 Å². The van der Waals surface area contributed by atoms with Gasteiger partial charge in [-0.25, -0.2) is 4.79 Å². The van der Waals surface area contributed by atoms with Gasteiger partial charge in [-0.15, -0.1) is 0 Å². The monoisotopic (exact) mass is 169 g/mol. The molecule has 0 aromatic rings. The summed E-state index contributed by atoms with van der Waals surface area (Å²) in [5.74, 6) is -0.485. The third-order valence-electron chi connectivity index (χ3n) is 1.42. The SMILES string of the molecule is C=C(C=N)C(=O)OCCCCC. The highest BCUT2D eigenvalue weighted by atomic mass is 16.5. The number of rotatable bonds is 6. The quantitative estimate of drug-likeness (QED) is 0.286. The van der Waals surface area contributed by atoms with E-state index < -0.39 is 5.97 Å². The topological polar surface area (TPSA) is 50.2 Å². The summed E-state index contributed by atoms with van der Waals surface area (Å²) in [7, 11) is 0. The van der Waals surface area contributed by atoms with Gasteiger partial charge >= 0.3 is 5.97 Å². The second-order valence-electron chi connectivity index (χ2n) is 2.51. The Morgan fingerprint density at radius 2 is 2.25 bits per heavy atom. The van der Waals surface area contributed by atoms with Crippen molar-refractivity contribution in [3.05, 3.63) is 12.2 Å². The Labute approximate surface area is 72.9 Å². The molecule has 12 heavy (non-hydrogen) atoms. The maximum Gasteiger partial charge on any atom is 0.339 e. The van der Waals surface area contributed by atoms with Gasteiger partial charge in [-0.05, 0) is 6.42 Å². The van der Waals surface area contributed by atoms with Gasteiger partial charge in [0, 0.05) is 6.21 Å². The minimum atomic E-state index is -0.485. The van der Waals surface area contributed by atoms with E-state index in [1.807, 2.05) is 0 Å². The van der Waals surface area contributed by atoms with E-state index in [4.69, 9.17) is 10.1 Å². The first-order valence-corrected chi connectivity index (χ1v) is 4.08. The summed E-state index contributed by atoms with van der Waals surface area (Å²) in [5, 5.41) is 6.73. The summed E-state index contributed by atoms with van der Waals surface area (Å²) in [6, 6.07) is 0. The molecule has 0 saturated carbocycles. The van der Waals surface area contributed by atoms with Crippen molar-refractivity contribution in [1.29, 1.82) is 5.41 Å². The van der Waals surface area contributed by atoms with Gasteiger partial charge in [-0.3, -0.25) is 0 Å². The van der Waals surface area contributed by atoms with E-state index >= 15 is 0 Å². The van der Waals surface area contributed by atoms with E-state index in [2.05, 4.69) is 13.5 Å². The summed E-state index contributed by atoms with van der Waals surface area (Å²) in [6.45, 7) is 5.87. The molecule has 0 unspecified atom stereocenters. The van der Waals surface area contributed by atoms with E-state index in [1.54, 1.807) is 0 Å². The second kappa shape index (κ2) is 6.58. The number of carbonyl (C=O) groups is 1. The highest BCUT2D eigenvalue weighted by Gasteiger charge is 2.03. The van der Waals surface area contributed by atoms with Gasteiger partial charge < -0.3 is 10.1 Å². The second-order valence-corrected chi connectivity index (χ2v) is 2.51. The Kier molecular flexibility index (Phi) is 5.97. The largest absolute Gasteiger partial charge is 0.462 e. The first-order valence-electron chi connectivity index (χ1n) is 4.08. The van der Waals surface area contributed by atoms with Gasteiger partial charge in [0.25, 0.3) is 0 Å². The Bertz CT molecular complexity index is 175.